The van der Waals surface area contributed by atoms with Crippen LogP contribution in [0.1, 0.15) is 40.0 Å². The molecule has 5 heteroatoms. The lowest BCUT2D eigenvalue weighted by Gasteiger charge is -2.20. The third-order valence-electron chi connectivity index (χ3n) is 3.31. The Kier molecular flexibility index (Phi) is 8.37. The zero-order valence-corrected chi connectivity index (χ0v) is 11.8. The quantitative estimate of drug-likeness (QED) is 0.581. The van der Waals surface area contributed by atoms with Crippen molar-refractivity contribution in [2.45, 2.75) is 46.1 Å². The number of carbonyl (C=O) groups excluding carboxylic acids is 1. The van der Waals surface area contributed by atoms with Crippen molar-refractivity contribution in [2.24, 2.45) is 11.8 Å². The van der Waals surface area contributed by atoms with Gasteiger partial charge in [0.25, 0.3) is 0 Å². The average Bonchev–Trinajstić information content (AvgIpc) is 2.31. The number of aliphatic carboxylic acids is 1. The highest BCUT2D eigenvalue weighted by Gasteiger charge is 2.16. The third-order valence-corrected chi connectivity index (χ3v) is 3.31. The third kappa shape index (κ3) is 7.27. The topological polar surface area (TPSA) is 78.4 Å². The highest BCUT2D eigenvalue weighted by atomic mass is 16.4. The summed E-state index contributed by atoms with van der Waals surface area (Å²) in [5, 5.41) is 14.4. The molecule has 1 amide bonds. The predicted molar refractivity (Wildman–Crippen MR) is 71.3 cm³/mol. The summed E-state index contributed by atoms with van der Waals surface area (Å²) in [4.78, 5) is 22.1. The van der Waals surface area contributed by atoms with Gasteiger partial charge in [-0.2, -0.15) is 0 Å². The number of carboxylic acid groups (broad SMARTS) is 1. The zero-order valence-electron chi connectivity index (χ0n) is 11.8. The van der Waals surface area contributed by atoms with E-state index in [9.17, 15) is 9.59 Å². The second kappa shape index (κ2) is 8.91. The molecule has 2 unspecified atom stereocenters. The van der Waals surface area contributed by atoms with Gasteiger partial charge in [-0.05, 0) is 38.6 Å². The molecule has 5 nitrogen and oxygen atoms in total. The van der Waals surface area contributed by atoms with Gasteiger partial charge in [0, 0.05) is 13.0 Å². The lowest BCUT2D eigenvalue weighted by molar-refractivity contribution is -0.137. The number of hydrogen-bond acceptors (Lipinski definition) is 3. The molecular weight excluding hydrogens is 232 g/mol. The standard InChI is InChI=1S/C13H26N2O3/c1-9(2)11(5-6-12(16)17)7-8-15-13(18)10(3)14-4/h9-11,14H,5-8H2,1-4H3,(H,15,18)(H,16,17). The lowest BCUT2D eigenvalue weighted by Crippen LogP contribution is -2.41. The van der Waals surface area contributed by atoms with Crippen LogP contribution in [0.4, 0.5) is 0 Å². The van der Waals surface area contributed by atoms with Gasteiger partial charge in [-0.1, -0.05) is 13.8 Å². The molecule has 0 saturated heterocycles. The molecule has 0 aliphatic rings. The molecule has 106 valence electrons. The highest BCUT2D eigenvalue weighted by Crippen LogP contribution is 2.20. The molecule has 0 fully saturated rings. The molecule has 0 bridgehead atoms. The summed E-state index contributed by atoms with van der Waals surface area (Å²) in [6, 6.07) is -0.193. The van der Waals surface area contributed by atoms with E-state index in [0.717, 1.165) is 6.42 Å². The van der Waals surface area contributed by atoms with Crippen LogP contribution < -0.4 is 10.6 Å². The zero-order chi connectivity index (χ0) is 14.1. The molecular formula is C13H26N2O3. The van der Waals surface area contributed by atoms with E-state index in [0.29, 0.717) is 24.8 Å². The number of hydrogen-bond donors (Lipinski definition) is 3. The van der Waals surface area contributed by atoms with Gasteiger partial charge < -0.3 is 15.7 Å². The monoisotopic (exact) mass is 258 g/mol. The summed E-state index contributed by atoms with van der Waals surface area (Å²) in [7, 11) is 1.74. The minimum atomic E-state index is -0.756. The van der Waals surface area contributed by atoms with E-state index in [1.165, 1.54) is 0 Å². The van der Waals surface area contributed by atoms with Crippen molar-refractivity contribution in [3.63, 3.8) is 0 Å². The van der Waals surface area contributed by atoms with E-state index in [2.05, 4.69) is 24.5 Å². The predicted octanol–water partition coefficient (Wildman–Crippen LogP) is 1.24. The summed E-state index contributed by atoms with van der Waals surface area (Å²) < 4.78 is 0. The molecule has 0 radical (unpaired) electrons. The van der Waals surface area contributed by atoms with E-state index in [1.54, 1.807) is 14.0 Å². The highest BCUT2D eigenvalue weighted by molar-refractivity contribution is 5.81. The van der Waals surface area contributed by atoms with Crippen LogP contribution in [0.2, 0.25) is 0 Å². The Balaban J connectivity index is 3.97. The molecule has 0 spiro atoms. The number of amides is 1. The van der Waals surface area contributed by atoms with Crippen LogP contribution in [0.5, 0.6) is 0 Å². The van der Waals surface area contributed by atoms with E-state index in [-0.39, 0.29) is 18.4 Å². The van der Waals surface area contributed by atoms with E-state index in [1.807, 2.05) is 0 Å². The minimum Gasteiger partial charge on any atom is -0.481 e. The van der Waals surface area contributed by atoms with Crippen LogP contribution in [0.3, 0.4) is 0 Å². The Morgan fingerprint density at radius 1 is 1.17 bits per heavy atom. The Hall–Kier alpha value is -1.10. The maximum atomic E-state index is 11.5. The smallest absolute Gasteiger partial charge is 0.303 e. The fraction of sp³-hybridized carbons (Fsp3) is 0.846. The number of carbonyl (C=O) groups is 2. The molecule has 0 aromatic heterocycles. The van der Waals surface area contributed by atoms with Crippen LogP contribution >= 0.6 is 0 Å². The SMILES string of the molecule is CNC(C)C(=O)NCCC(CCC(=O)O)C(C)C. The number of rotatable bonds is 9. The van der Waals surface area contributed by atoms with Gasteiger partial charge >= 0.3 is 5.97 Å². The van der Waals surface area contributed by atoms with Crippen molar-refractivity contribution in [3.05, 3.63) is 0 Å². The van der Waals surface area contributed by atoms with E-state index in [4.69, 9.17) is 5.11 Å². The molecule has 0 heterocycles. The first-order valence-corrected chi connectivity index (χ1v) is 6.55. The summed E-state index contributed by atoms with van der Waals surface area (Å²) in [6.45, 7) is 6.59. The van der Waals surface area contributed by atoms with Gasteiger partial charge in [-0.3, -0.25) is 9.59 Å². The molecule has 3 N–H and O–H groups in total. The van der Waals surface area contributed by atoms with Crippen LogP contribution in [0, 0.1) is 11.8 Å². The maximum absolute atomic E-state index is 11.5. The first-order chi connectivity index (χ1) is 8.38. The molecule has 2 atom stereocenters. The summed E-state index contributed by atoms with van der Waals surface area (Å²) >= 11 is 0. The number of nitrogens with one attached hydrogen (secondary N) is 2. The van der Waals surface area contributed by atoms with Gasteiger partial charge in [0.05, 0.1) is 6.04 Å². The fourth-order valence-electron chi connectivity index (χ4n) is 1.78. The van der Waals surface area contributed by atoms with Crippen LogP contribution in [-0.2, 0) is 9.59 Å². The van der Waals surface area contributed by atoms with Gasteiger partial charge in [-0.25, -0.2) is 0 Å². The van der Waals surface area contributed by atoms with Crippen LogP contribution in [-0.4, -0.2) is 36.6 Å². The lowest BCUT2D eigenvalue weighted by atomic mass is 9.88. The Labute approximate surface area is 109 Å². The van der Waals surface area contributed by atoms with Crippen molar-refractivity contribution in [1.82, 2.24) is 10.6 Å². The Bertz CT molecular complexity index is 267. The van der Waals surface area contributed by atoms with Gasteiger partial charge in [0.2, 0.25) is 5.91 Å². The number of carboxylic acids is 1. The minimum absolute atomic E-state index is 0.0155. The molecule has 0 aliphatic carbocycles. The molecule has 18 heavy (non-hydrogen) atoms. The molecule has 0 aromatic rings. The van der Waals surface area contributed by atoms with Gasteiger partial charge in [0.15, 0.2) is 0 Å². The molecule has 0 rings (SSSR count). The number of likely N-dealkylation sites (N-methyl/N-ethyl adjacent to an activating group) is 1. The van der Waals surface area contributed by atoms with Crippen molar-refractivity contribution >= 4 is 11.9 Å². The van der Waals surface area contributed by atoms with E-state index < -0.39 is 5.97 Å². The maximum Gasteiger partial charge on any atom is 0.303 e. The second-order valence-electron chi connectivity index (χ2n) is 5.03. The largest absolute Gasteiger partial charge is 0.481 e. The fourth-order valence-corrected chi connectivity index (χ4v) is 1.78. The Morgan fingerprint density at radius 3 is 2.22 bits per heavy atom. The van der Waals surface area contributed by atoms with E-state index >= 15 is 0 Å². The summed E-state index contributed by atoms with van der Waals surface area (Å²) in [5.41, 5.74) is 0. The van der Waals surface area contributed by atoms with Gasteiger partial charge in [0.1, 0.15) is 0 Å². The molecule has 0 aromatic carbocycles. The van der Waals surface area contributed by atoms with Gasteiger partial charge in [-0.15, -0.1) is 0 Å². The van der Waals surface area contributed by atoms with Crippen molar-refractivity contribution in [3.8, 4) is 0 Å². The van der Waals surface area contributed by atoms with Crippen molar-refractivity contribution in [2.75, 3.05) is 13.6 Å². The Morgan fingerprint density at radius 2 is 1.78 bits per heavy atom. The molecule has 0 aliphatic heterocycles. The molecule has 0 saturated carbocycles. The first kappa shape index (κ1) is 16.9. The normalized spacial score (nSPS) is 14.3. The first-order valence-electron chi connectivity index (χ1n) is 6.55. The van der Waals surface area contributed by atoms with Crippen molar-refractivity contribution in [1.29, 1.82) is 0 Å². The van der Waals surface area contributed by atoms with Crippen LogP contribution in [0.25, 0.3) is 0 Å². The van der Waals surface area contributed by atoms with Crippen molar-refractivity contribution < 1.29 is 14.7 Å². The average molecular weight is 258 g/mol. The second-order valence-corrected chi connectivity index (χ2v) is 5.03. The summed E-state index contributed by atoms with van der Waals surface area (Å²) in [6.07, 6.45) is 1.70. The summed E-state index contributed by atoms with van der Waals surface area (Å²) in [5.74, 6) is 0.000925. The van der Waals surface area contributed by atoms with Crippen LogP contribution in [0.15, 0.2) is 0 Å².